The van der Waals surface area contributed by atoms with Crippen LogP contribution in [0.15, 0.2) is 54.8 Å². The smallest absolute Gasteiger partial charge is 0.337 e. The van der Waals surface area contributed by atoms with Crippen molar-refractivity contribution in [2.75, 3.05) is 31.7 Å². The molecule has 4 rings (SSSR count). The molecule has 3 aromatic rings. The van der Waals surface area contributed by atoms with Gasteiger partial charge in [-0.05, 0) is 87.4 Å². The summed E-state index contributed by atoms with van der Waals surface area (Å²) in [7, 11) is 1.58. The predicted octanol–water partition coefficient (Wildman–Crippen LogP) is 8.00. The van der Waals surface area contributed by atoms with Crippen molar-refractivity contribution in [2.45, 2.75) is 72.5 Å². The van der Waals surface area contributed by atoms with Gasteiger partial charge in [0, 0.05) is 36.3 Å². The molecule has 1 fully saturated rings. The Bertz CT molecular complexity index is 1450. The highest BCUT2D eigenvalue weighted by Gasteiger charge is 2.36. The first-order chi connectivity index (χ1) is 20.8. The van der Waals surface area contributed by atoms with Gasteiger partial charge < -0.3 is 24.2 Å². The Kier molecular flexibility index (Phi) is 10.4. The second kappa shape index (κ2) is 13.8. The van der Waals surface area contributed by atoms with Crippen LogP contribution in [-0.2, 0) is 20.7 Å². The zero-order valence-corrected chi connectivity index (χ0v) is 26.9. The molecule has 1 saturated heterocycles. The molecule has 2 aromatic carbocycles. The lowest BCUT2D eigenvalue weighted by Gasteiger charge is -2.41. The second-order valence-electron chi connectivity index (χ2n) is 13.1. The lowest BCUT2D eigenvalue weighted by Crippen LogP contribution is -2.39. The number of carboxylic acids is 1. The quantitative estimate of drug-likeness (QED) is 0.222. The van der Waals surface area contributed by atoms with Crippen molar-refractivity contribution in [1.82, 2.24) is 4.98 Å². The summed E-state index contributed by atoms with van der Waals surface area (Å²) < 4.78 is 30.7. The van der Waals surface area contributed by atoms with Gasteiger partial charge in [0.1, 0.15) is 11.6 Å². The van der Waals surface area contributed by atoms with Crippen LogP contribution < -0.4 is 9.64 Å². The molecule has 0 aliphatic carbocycles. The zero-order chi connectivity index (χ0) is 32.1. The third-order valence-electron chi connectivity index (χ3n) is 7.89. The molecule has 0 radical (unpaired) electrons. The number of piperidine rings is 1. The Hall–Kier alpha value is -3.91. The molecule has 7 nitrogen and oxygen atoms in total. The summed E-state index contributed by atoms with van der Waals surface area (Å²) in [5, 5.41) is 10.5. The highest BCUT2D eigenvalue weighted by molar-refractivity contribution is 5.90. The topological polar surface area (TPSA) is 81.1 Å². The summed E-state index contributed by atoms with van der Waals surface area (Å²) in [5.41, 5.74) is 4.86. The van der Waals surface area contributed by atoms with E-state index in [9.17, 15) is 14.3 Å². The number of rotatable bonds is 11. The molecule has 1 N–H and O–H groups in total. The third kappa shape index (κ3) is 8.38. The fraction of sp³-hybridized carbons (Fsp3) is 0.444. The van der Waals surface area contributed by atoms with Crippen molar-refractivity contribution in [1.29, 1.82) is 0 Å². The van der Waals surface area contributed by atoms with Gasteiger partial charge in [-0.1, -0.05) is 38.1 Å². The number of aromatic nitrogens is 1. The van der Waals surface area contributed by atoms with Crippen molar-refractivity contribution in [3.8, 4) is 16.9 Å². The molecule has 0 saturated carbocycles. The van der Waals surface area contributed by atoms with Crippen LogP contribution >= 0.6 is 0 Å². The van der Waals surface area contributed by atoms with E-state index in [-0.39, 0.29) is 11.2 Å². The minimum atomic E-state index is -1.21. The second-order valence-corrected chi connectivity index (χ2v) is 13.1. The molecule has 1 atom stereocenters. The van der Waals surface area contributed by atoms with Crippen molar-refractivity contribution in [3.63, 3.8) is 0 Å². The van der Waals surface area contributed by atoms with Gasteiger partial charge in [-0.15, -0.1) is 0 Å². The van der Waals surface area contributed by atoms with Gasteiger partial charge in [0.2, 0.25) is 0 Å². The van der Waals surface area contributed by atoms with Crippen LogP contribution in [-0.4, -0.2) is 48.5 Å². The Labute approximate surface area is 260 Å². The molecule has 1 aliphatic rings. The first-order valence-electron chi connectivity index (χ1n) is 15.1. The first kappa shape index (κ1) is 33.0. The van der Waals surface area contributed by atoms with Crippen LogP contribution in [0.5, 0.6) is 5.75 Å². The average molecular weight is 605 g/mol. The number of aryl methyl sites for hydroxylation is 1. The fourth-order valence-corrected chi connectivity index (χ4v) is 5.48. The number of halogens is 1. The van der Waals surface area contributed by atoms with Crippen LogP contribution in [0.4, 0.5) is 10.1 Å². The van der Waals surface area contributed by atoms with Crippen LogP contribution in [0.1, 0.15) is 76.1 Å². The van der Waals surface area contributed by atoms with E-state index in [2.05, 4.69) is 18.7 Å². The third-order valence-corrected chi connectivity index (χ3v) is 7.89. The lowest BCUT2D eigenvalue weighted by molar-refractivity contribution is -0.160. The number of ether oxygens (including phenoxy) is 3. The standard InChI is InChI=1S/C36H45FN2O5/c1-24-30(33(34(40)41)44-35(2,3)4)32(39-20-18-36(5,6)19-21-39)31(29(38-24)17-22-42-7)26-10-14-28(15-11-26)43-23-16-25-8-12-27(37)13-9-25/h8-15,17,22,33H,16,18-21,23H2,1-7H3,(H,40,41). The van der Waals surface area contributed by atoms with E-state index in [1.165, 1.54) is 12.1 Å². The van der Waals surface area contributed by atoms with Gasteiger partial charge >= 0.3 is 5.97 Å². The number of carboxylic acid groups (broad SMARTS) is 1. The molecule has 1 aromatic heterocycles. The Balaban J connectivity index is 1.80. The van der Waals surface area contributed by atoms with Gasteiger partial charge in [0.05, 0.1) is 37.0 Å². The molecule has 8 heteroatoms. The van der Waals surface area contributed by atoms with E-state index in [1.807, 2.05) is 58.0 Å². The van der Waals surface area contributed by atoms with E-state index in [0.29, 0.717) is 35.7 Å². The van der Waals surface area contributed by atoms with Crippen molar-refractivity contribution in [3.05, 3.63) is 83.1 Å². The van der Waals surface area contributed by atoms with E-state index in [4.69, 9.17) is 19.2 Å². The summed E-state index contributed by atoms with van der Waals surface area (Å²) in [5.74, 6) is -0.614. The number of aliphatic carboxylic acids is 1. The summed E-state index contributed by atoms with van der Waals surface area (Å²) in [6.07, 6.45) is 4.78. The van der Waals surface area contributed by atoms with Crippen molar-refractivity contribution < 1.29 is 28.5 Å². The maximum absolute atomic E-state index is 13.2. The SMILES string of the molecule is COC=Cc1nc(C)c(C(OC(C)(C)C)C(=O)O)c(N2CCC(C)(C)CC2)c1-c1ccc(OCCc2ccc(F)cc2)cc1. The molecule has 1 unspecified atom stereocenters. The Morgan fingerprint density at radius 3 is 2.30 bits per heavy atom. The predicted molar refractivity (Wildman–Crippen MR) is 172 cm³/mol. The molecular weight excluding hydrogens is 559 g/mol. The molecule has 0 spiro atoms. The van der Waals surface area contributed by atoms with Crippen molar-refractivity contribution >= 4 is 17.7 Å². The van der Waals surface area contributed by atoms with Crippen LogP contribution in [0.25, 0.3) is 17.2 Å². The summed E-state index contributed by atoms with van der Waals surface area (Å²) in [4.78, 5) is 20.0. The minimum Gasteiger partial charge on any atom is -0.504 e. The summed E-state index contributed by atoms with van der Waals surface area (Å²) >= 11 is 0. The van der Waals surface area contributed by atoms with Gasteiger partial charge in [0.15, 0.2) is 6.10 Å². The van der Waals surface area contributed by atoms with Crippen molar-refractivity contribution in [2.24, 2.45) is 5.41 Å². The average Bonchev–Trinajstić information content (AvgIpc) is 2.96. The number of anilines is 1. The summed E-state index contributed by atoms with van der Waals surface area (Å²) in [6, 6.07) is 14.2. The number of pyridine rings is 1. The molecule has 0 bridgehead atoms. The Morgan fingerprint density at radius 2 is 1.73 bits per heavy atom. The maximum atomic E-state index is 13.2. The van der Waals surface area contributed by atoms with Gasteiger partial charge in [-0.25, -0.2) is 9.18 Å². The first-order valence-corrected chi connectivity index (χ1v) is 15.1. The van der Waals surface area contributed by atoms with E-state index < -0.39 is 17.7 Å². The summed E-state index contributed by atoms with van der Waals surface area (Å²) in [6.45, 7) is 14.0. The van der Waals surface area contributed by atoms with Crippen LogP contribution in [0.2, 0.25) is 0 Å². The molecule has 2 heterocycles. The van der Waals surface area contributed by atoms with Gasteiger partial charge in [0.25, 0.3) is 0 Å². The molecule has 1 aliphatic heterocycles. The number of nitrogens with zero attached hydrogens (tertiary/aromatic N) is 2. The van der Waals surface area contributed by atoms with Gasteiger partial charge in [-0.2, -0.15) is 0 Å². The fourth-order valence-electron chi connectivity index (χ4n) is 5.48. The number of benzene rings is 2. The number of hydrogen-bond acceptors (Lipinski definition) is 6. The molecular formula is C36H45FN2O5. The molecule has 236 valence electrons. The highest BCUT2D eigenvalue weighted by Crippen LogP contribution is 2.45. The molecule has 44 heavy (non-hydrogen) atoms. The Morgan fingerprint density at radius 1 is 1.09 bits per heavy atom. The number of hydrogen-bond donors (Lipinski definition) is 1. The lowest BCUT2D eigenvalue weighted by atomic mass is 9.81. The number of methoxy groups -OCH3 is 1. The highest BCUT2D eigenvalue weighted by atomic mass is 19.1. The zero-order valence-electron chi connectivity index (χ0n) is 26.9. The largest absolute Gasteiger partial charge is 0.504 e. The normalized spacial score (nSPS) is 15.8. The minimum absolute atomic E-state index is 0.193. The maximum Gasteiger partial charge on any atom is 0.337 e. The van der Waals surface area contributed by atoms with E-state index >= 15 is 0 Å². The van der Waals surface area contributed by atoms with Crippen LogP contribution in [0.3, 0.4) is 0 Å². The monoisotopic (exact) mass is 604 g/mol. The van der Waals surface area contributed by atoms with Gasteiger partial charge in [-0.3, -0.25) is 4.98 Å². The van der Waals surface area contributed by atoms with Crippen LogP contribution in [0, 0.1) is 18.2 Å². The number of carbonyl (C=O) groups is 1. The van der Waals surface area contributed by atoms with E-state index in [0.717, 1.165) is 48.3 Å². The van der Waals surface area contributed by atoms with E-state index in [1.54, 1.807) is 25.5 Å². The molecule has 0 amide bonds.